The van der Waals surface area contributed by atoms with Gasteiger partial charge in [-0.2, -0.15) is 0 Å². The first-order valence-electron chi connectivity index (χ1n) is 8.26. The average Bonchev–Trinajstić information content (AvgIpc) is 2.67. The van der Waals surface area contributed by atoms with Crippen molar-refractivity contribution in [1.29, 1.82) is 0 Å². The summed E-state index contributed by atoms with van der Waals surface area (Å²) in [6.07, 6.45) is 2.46. The van der Waals surface area contributed by atoms with E-state index in [1.54, 1.807) is 25.1 Å². The van der Waals surface area contributed by atoms with Crippen molar-refractivity contribution in [1.82, 2.24) is 0 Å². The lowest BCUT2D eigenvalue weighted by Gasteiger charge is -2.25. The third-order valence-electron chi connectivity index (χ3n) is 3.63. The molecule has 0 unspecified atom stereocenters. The van der Waals surface area contributed by atoms with Crippen molar-refractivity contribution < 1.29 is 29.0 Å². The molecule has 0 aliphatic heterocycles. The first kappa shape index (κ1) is 20.4. The van der Waals surface area contributed by atoms with Gasteiger partial charge in [0.1, 0.15) is 0 Å². The van der Waals surface area contributed by atoms with Crippen molar-refractivity contribution in [3.05, 3.63) is 65.7 Å². The molecule has 0 spiro atoms. The van der Waals surface area contributed by atoms with Gasteiger partial charge in [-0.25, -0.2) is 9.59 Å². The number of nitrogens with zero attached hydrogens (tertiary/aromatic N) is 1. The van der Waals surface area contributed by atoms with Crippen LogP contribution in [0.2, 0.25) is 0 Å². The van der Waals surface area contributed by atoms with E-state index in [0.29, 0.717) is 5.56 Å². The fraction of sp³-hybridized carbons (Fsp3) is 0.100. The molecule has 2 amide bonds. The van der Waals surface area contributed by atoms with E-state index in [-0.39, 0.29) is 23.5 Å². The largest absolute Gasteiger partial charge is 0.478 e. The standard InChI is InChI=1S/C20H18N2O6/c1-2-28-20(27)18(24)22(16-10-6-4-8-14(16)19(25)26)15-9-5-3-7-13(15)11-12-17(21)23/h3-12H,2H2,1H3,(H2,21,23)(H,25,26)/b12-11+. The molecule has 0 saturated carbocycles. The van der Waals surface area contributed by atoms with Crippen LogP contribution in [-0.4, -0.2) is 35.5 Å². The number of nitrogens with two attached hydrogens (primary N) is 1. The minimum Gasteiger partial charge on any atom is -0.478 e. The van der Waals surface area contributed by atoms with Crippen molar-refractivity contribution in [2.45, 2.75) is 6.92 Å². The van der Waals surface area contributed by atoms with Gasteiger partial charge in [0, 0.05) is 6.08 Å². The van der Waals surface area contributed by atoms with Gasteiger partial charge < -0.3 is 15.6 Å². The number of esters is 1. The summed E-state index contributed by atoms with van der Waals surface area (Å²) in [5, 5.41) is 9.50. The molecule has 28 heavy (non-hydrogen) atoms. The van der Waals surface area contributed by atoms with Crippen LogP contribution < -0.4 is 10.6 Å². The Balaban J connectivity index is 2.71. The van der Waals surface area contributed by atoms with Gasteiger partial charge in [0.15, 0.2) is 0 Å². The fourth-order valence-electron chi connectivity index (χ4n) is 2.49. The van der Waals surface area contributed by atoms with Crippen LogP contribution in [0.15, 0.2) is 54.6 Å². The molecule has 8 heteroatoms. The lowest BCUT2D eigenvalue weighted by molar-refractivity contribution is -0.152. The zero-order chi connectivity index (χ0) is 20.7. The van der Waals surface area contributed by atoms with Gasteiger partial charge in [-0.15, -0.1) is 0 Å². The number of anilines is 2. The highest BCUT2D eigenvalue weighted by Gasteiger charge is 2.30. The van der Waals surface area contributed by atoms with Crippen molar-refractivity contribution in [3.8, 4) is 0 Å². The summed E-state index contributed by atoms with van der Waals surface area (Å²) >= 11 is 0. The molecular weight excluding hydrogens is 364 g/mol. The third-order valence-corrected chi connectivity index (χ3v) is 3.63. The van der Waals surface area contributed by atoms with Gasteiger partial charge in [0.25, 0.3) is 0 Å². The molecular formula is C20H18N2O6. The number of carbonyl (C=O) groups is 4. The van der Waals surface area contributed by atoms with Gasteiger partial charge in [0.05, 0.1) is 23.5 Å². The van der Waals surface area contributed by atoms with Gasteiger partial charge in [-0.1, -0.05) is 30.3 Å². The molecule has 0 aliphatic carbocycles. The predicted octanol–water partition coefficient (Wildman–Crippen LogP) is 2.11. The van der Waals surface area contributed by atoms with E-state index >= 15 is 0 Å². The number of aromatic carboxylic acids is 1. The van der Waals surface area contributed by atoms with Crippen molar-refractivity contribution >= 4 is 41.2 Å². The number of carbonyl (C=O) groups excluding carboxylic acids is 3. The molecule has 8 nitrogen and oxygen atoms in total. The van der Waals surface area contributed by atoms with Crippen LogP contribution in [0.25, 0.3) is 6.08 Å². The number of rotatable bonds is 6. The Hall–Kier alpha value is -3.94. The van der Waals surface area contributed by atoms with Crippen molar-refractivity contribution in [2.24, 2.45) is 5.73 Å². The number of amides is 2. The molecule has 0 atom stereocenters. The monoisotopic (exact) mass is 382 g/mol. The fourth-order valence-corrected chi connectivity index (χ4v) is 2.49. The van der Waals surface area contributed by atoms with E-state index in [1.807, 2.05) is 0 Å². The maximum Gasteiger partial charge on any atom is 0.397 e. The highest BCUT2D eigenvalue weighted by molar-refractivity contribution is 6.40. The molecule has 144 valence electrons. The molecule has 0 radical (unpaired) electrons. The molecule has 3 N–H and O–H groups in total. The number of benzene rings is 2. The third kappa shape index (κ3) is 4.61. The summed E-state index contributed by atoms with van der Waals surface area (Å²) < 4.78 is 4.80. The molecule has 2 aromatic rings. The van der Waals surface area contributed by atoms with Gasteiger partial charge in [-0.3, -0.25) is 14.5 Å². The quantitative estimate of drug-likeness (QED) is 0.447. The van der Waals surface area contributed by atoms with Crippen LogP contribution in [0, 0.1) is 0 Å². The minimum atomic E-state index is -1.28. The molecule has 0 aromatic heterocycles. The number of hydrogen-bond acceptors (Lipinski definition) is 5. The summed E-state index contributed by atoms with van der Waals surface area (Å²) in [6.45, 7) is 1.52. The smallest absolute Gasteiger partial charge is 0.397 e. The van der Waals surface area contributed by atoms with E-state index < -0.39 is 23.8 Å². The molecule has 0 bridgehead atoms. The van der Waals surface area contributed by atoms with E-state index in [9.17, 15) is 24.3 Å². The predicted molar refractivity (Wildman–Crippen MR) is 102 cm³/mol. The van der Waals surface area contributed by atoms with E-state index in [4.69, 9.17) is 10.5 Å². The number of hydrogen-bond donors (Lipinski definition) is 2. The van der Waals surface area contributed by atoms with Crippen LogP contribution in [0.4, 0.5) is 11.4 Å². The number of ether oxygens (including phenoxy) is 1. The SMILES string of the molecule is CCOC(=O)C(=O)N(c1ccccc1/C=C/C(N)=O)c1ccccc1C(=O)O. The summed E-state index contributed by atoms with van der Waals surface area (Å²) in [7, 11) is 0. The number of carboxylic acid groups (broad SMARTS) is 1. The summed E-state index contributed by atoms with van der Waals surface area (Å²) in [5.74, 6) is -4.20. The topological polar surface area (TPSA) is 127 Å². The molecule has 2 aromatic carbocycles. The van der Waals surface area contributed by atoms with E-state index in [1.165, 1.54) is 36.4 Å². The maximum absolute atomic E-state index is 12.8. The lowest BCUT2D eigenvalue weighted by atomic mass is 10.1. The molecule has 0 saturated heterocycles. The Bertz CT molecular complexity index is 951. The van der Waals surface area contributed by atoms with Crippen molar-refractivity contribution in [2.75, 3.05) is 11.5 Å². The highest BCUT2D eigenvalue weighted by atomic mass is 16.5. The zero-order valence-electron chi connectivity index (χ0n) is 15.0. The van der Waals surface area contributed by atoms with Crippen LogP contribution >= 0.6 is 0 Å². The molecule has 0 aliphatic rings. The Morgan fingerprint density at radius 3 is 2.25 bits per heavy atom. The summed E-state index contributed by atoms with van der Waals surface area (Å²) in [4.78, 5) is 48.7. The summed E-state index contributed by atoms with van der Waals surface area (Å²) in [5.41, 5.74) is 5.49. The lowest BCUT2D eigenvalue weighted by Crippen LogP contribution is -2.35. The molecule has 0 fully saturated rings. The maximum atomic E-state index is 12.8. The van der Waals surface area contributed by atoms with Crippen molar-refractivity contribution in [3.63, 3.8) is 0 Å². The number of carboxylic acids is 1. The first-order valence-corrected chi connectivity index (χ1v) is 8.26. The second-order valence-electron chi connectivity index (χ2n) is 5.48. The Morgan fingerprint density at radius 1 is 1.04 bits per heavy atom. The molecule has 0 heterocycles. The summed E-state index contributed by atoms with van der Waals surface area (Å²) in [6, 6.07) is 12.1. The second kappa shape index (κ2) is 9.13. The van der Waals surface area contributed by atoms with E-state index in [0.717, 1.165) is 11.0 Å². The Morgan fingerprint density at radius 2 is 1.64 bits per heavy atom. The minimum absolute atomic E-state index is 0.0204. The van der Waals surface area contributed by atoms with Gasteiger partial charge >= 0.3 is 17.8 Å². The Labute approximate surface area is 160 Å². The average molecular weight is 382 g/mol. The van der Waals surface area contributed by atoms with E-state index in [2.05, 4.69) is 0 Å². The van der Waals surface area contributed by atoms with Crippen LogP contribution in [0.5, 0.6) is 0 Å². The number of primary amides is 1. The van der Waals surface area contributed by atoms with Crippen LogP contribution in [-0.2, 0) is 19.1 Å². The van der Waals surface area contributed by atoms with Crippen LogP contribution in [0.3, 0.4) is 0 Å². The normalized spacial score (nSPS) is 10.5. The number of para-hydroxylation sites is 2. The van der Waals surface area contributed by atoms with Crippen LogP contribution in [0.1, 0.15) is 22.8 Å². The second-order valence-corrected chi connectivity index (χ2v) is 5.48. The van der Waals surface area contributed by atoms with Gasteiger partial charge in [0.2, 0.25) is 5.91 Å². The highest BCUT2D eigenvalue weighted by Crippen LogP contribution is 2.32. The first-order chi connectivity index (χ1) is 13.4. The van der Waals surface area contributed by atoms with Gasteiger partial charge in [-0.05, 0) is 36.8 Å². The Kier molecular flexibility index (Phi) is 6.64. The molecule has 2 rings (SSSR count). The zero-order valence-corrected chi connectivity index (χ0v) is 15.0.